The Morgan fingerprint density at radius 3 is 2.37 bits per heavy atom. The van der Waals surface area contributed by atoms with Crippen molar-refractivity contribution in [2.45, 2.75) is 19.8 Å². The number of aromatic hydroxyl groups is 1. The number of amides is 1. The maximum Gasteiger partial charge on any atom is 0.310 e. The molecule has 1 aromatic heterocycles. The van der Waals surface area contributed by atoms with E-state index in [1.807, 2.05) is 30.3 Å². The molecule has 1 unspecified atom stereocenters. The standard InChI is InChI=1S/C12H11NO2.C8H10AsNO5/c1-8(12(14)15)10-6-9-4-2-3-5-11(9)13-7-10;1-5(11)10-7-4-2-3-6(8(7)12)9(13,14)15/h2-8H,1H3,(H,14,15);2-4,12H,1H3,(H,10,11)(H2,13,14,15). The van der Waals surface area contributed by atoms with Crippen molar-refractivity contribution in [1.29, 1.82) is 0 Å². The van der Waals surface area contributed by atoms with Gasteiger partial charge in [0.1, 0.15) is 0 Å². The summed E-state index contributed by atoms with van der Waals surface area (Å²) in [7, 11) is 0. The Labute approximate surface area is 175 Å². The summed E-state index contributed by atoms with van der Waals surface area (Å²) in [6.07, 6.45) is 1.63. The molecule has 0 aliphatic rings. The molecule has 5 N–H and O–H groups in total. The van der Waals surface area contributed by atoms with E-state index in [4.69, 9.17) is 13.3 Å². The number of para-hydroxylation sites is 2. The quantitative estimate of drug-likeness (QED) is 0.279. The van der Waals surface area contributed by atoms with Gasteiger partial charge in [0.25, 0.3) is 0 Å². The zero-order valence-corrected chi connectivity index (χ0v) is 18.1. The topological polar surface area (TPSA) is 157 Å². The number of nitrogens with zero attached hydrogens (tertiary/aromatic N) is 1. The van der Waals surface area contributed by atoms with Crippen LogP contribution in [0.25, 0.3) is 10.9 Å². The molecular formula is C20H21AsN2O7. The Balaban J connectivity index is 0.000000214. The van der Waals surface area contributed by atoms with Crippen LogP contribution in [0.4, 0.5) is 5.69 Å². The number of rotatable bonds is 4. The first-order valence-electron chi connectivity index (χ1n) is 8.74. The van der Waals surface area contributed by atoms with Gasteiger partial charge in [0.2, 0.25) is 0 Å². The van der Waals surface area contributed by atoms with Gasteiger partial charge in [0.15, 0.2) is 0 Å². The molecule has 0 fully saturated rings. The summed E-state index contributed by atoms with van der Waals surface area (Å²) in [6.45, 7) is 2.89. The molecule has 30 heavy (non-hydrogen) atoms. The summed E-state index contributed by atoms with van der Waals surface area (Å²) >= 11 is -5.15. The van der Waals surface area contributed by atoms with E-state index in [0.29, 0.717) is 0 Å². The van der Waals surface area contributed by atoms with E-state index in [9.17, 15) is 18.4 Å². The number of carboxylic acids is 1. The van der Waals surface area contributed by atoms with Crippen molar-refractivity contribution in [2.75, 3.05) is 5.32 Å². The van der Waals surface area contributed by atoms with Gasteiger partial charge in [0.05, 0.1) is 11.4 Å². The monoisotopic (exact) mass is 476 g/mol. The number of anilines is 1. The number of aromatic nitrogens is 1. The summed E-state index contributed by atoms with van der Waals surface area (Å²) in [5, 5.41) is 21.6. The Hall–Kier alpha value is -3.13. The third kappa shape index (κ3) is 5.93. The fourth-order valence-corrected chi connectivity index (χ4v) is 3.94. The predicted molar refractivity (Wildman–Crippen MR) is 111 cm³/mol. The van der Waals surface area contributed by atoms with Crippen LogP contribution in [0.2, 0.25) is 0 Å². The molecule has 2 aromatic carbocycles. The van der Waals surface area contributed by atoms with Crippen LogP contribution >= 0.6 is 0 Å². The zero-order chi connectivity index (χ0) is 22.5. The van der Waals surface area contributed by atoms with Crippen LogP contribution in [0.3, 0.4) is 0 Å². The normalized spacial score (nSPS) is 11.9. The van der Waals surface area contributed by atoms with Crippen LogP contribution in [0.5, 0.6) is 5.75 Å². The summed E-state index contributed by atoms with van der Waals surface area (Å²) in [5.74, 6) is -2.35. The summed E-state index contributed by atoms with van der Waals surface area (Å²) in [5.41, 5.74) is 1.62. The second kappa shape index (κ2) is 9.58. The molecule has 1 atom stereocenters. The number of benzene rings is 2. The van der Waals surface area contributed by atoms with Crippen molar-refractivity contribution in [2.24, 2.45) is 0 Å². The maximum absolute atomic E-state index is 11.0. The second-order valence-corrected chi connectivity index (χ2v) is 9.71. The maximum atomic E-state index is 11.0. The van der Waals surface area contributed by atoms with E-state index in [1.54, 1.807) is 13.1 Å². The average molecular weight is 476 g/mol. The zero-order valence-electron chi connectivity index (χ0n) is 16.2. The molecule has 10 heteroatoms. The minimum Gasteiger partial charge on any atom is -0.481 e. The number of fused-ring (bicyclic) bond motifs is 1. The van der Waals surface area contributed by atoms with E-state index in [-0.39, 0.29) is 5.69 Å². The molecule has 0 bridgehead atoms. The van der Waals surface area contributed by atoms with E-state index in [1.165, 1.54) is 19.1 Å². The van der Waals surface area contributed by atoms with Crippen molar-refractivity contribution >= 4 is 47.0 Å². The number of carbonyl (C=O) groups excluding carboxylic acids is 1. The van der Waals surface area contributed by atoms with Crippen molar-refractivity contribution in [3.05, 3.63) is 60.3 Å². The summed E-state index contributed by atoms with van der Waals surface area (Å²) in [4.78, 5) is 25.7. The van der Waals surface area contributed by atoms with Gasteiger partial charge in [0, 0.05) is 11.6 Å². The minimum atomic E-state index is -5.15. The van der Waals surface area contributed by atoms with Crippen LogP contribution in [-0.2, 0) is 13.3 Å². The van der Waals surface area contributed by atoms with Gasteiger partial charge in [-0.25, -0.2) is 0 Å². The van der Waals surface area contributed by atoms with Crippen LogP contribution in [0, 0.1) is 0 Å². The van der Waals surface area contributed by atoms with Gasteiger partial charge < -0.3 is 5.11 Å². The Kier molecular flexibility index (Phi) is 7.39. The number of aliphatic carboxylic acids is 1. The minimum absolute atomic E-state index is 0.00951. The van der Waals surface area contributed by atoms with E-state index >= 15 is 0 Å². The number of carbonyl (C=O) groups is 2. The predicted octanol–water partition coefficient (Wildman–Crippen LogP) is 1.33. The molecular weight excluding hydrogens is 455 g/mol. The Bertz CT molecular complexity index is 1130. The van der Waals surface area contributed by atoms with Crippen LogP contribution < -0.4 is 9.67 Å². The third-order valence-electron chi connectivity index (χ3n) is 4.12. The number of nitrogens with one attached hydrogen (secondary N) is 1. The van der Waals surface area contributed by atoms with Gasteiger partial charge in [-0.1, -0.05) is 18.2 Å². The number of phenols is 1. The summed E-state index contributed by atoms with van der Waals surface area (Å²) in [6, 6.07) is 13.4. The smallest absolute Gasteiger partial charge is 0.310 e. The third-order valence-corrected chi connectivity index (χ3v) is 6.20. The fourth-order valence-electron chi connectivity index (χ4n) is 2.52. The van der Waals surface area contributed by atoms with Crippen molar-refractivity contribution in [3.8, 4) is 5.75 Å². The molecule has 158 valence electrons. The fraction of sp³-hybridized carbons (Fsp3) is 0.150. The molecule has 0 aliphatic carbocycles. The molecule has 1 heterocycles. The van der Waals surface area contributed by atoms with Crippen molar-refractivity contribution in [1.82, 2.24) is 4.98 Å². The Morgan fingerprint density at radius 2 is 1.77 bits per heavy atom. The van der Waals surface area contributed by atoms with E-state index < -0.39 is 42.1 Å². The first-order chi connectivity index (χ1) is 14.0. The number of carboxylic acid groups (broad SMARTS) is 1. The average Bonchev–Trinajstić information content (AvgIpc) is 2.68. The second-order valence-electron chi connectivity index (χ2n) is 6.42. The molecule has 0 aliphatic heterocycles. The number of pyridine rings is 1. The molecule has 0 saturated heterocycles. The molecule has 0 saturated carbocycles. The van der Waals surface area contributed by atoms with E-state index in [0.717, 1.165) is 22.5 Å². The number of hydrogen-bond donors (Lipinski definition) is 5. The van der Waals surface area contributed by atoms with Gasteiger partial charge >= 0.3 is 94.1 Å². The molecule has 9 nitrogen and oxygen atoms in total. The van der Waals surface area contributed by atoms with Crippen LogP contribution in [-0.4, -0.2) is 49.4 Å². The van der Waals surface area contributed by atoms with Crippen molar-refractivity contribution < 1.29 is 31.7 Å². The summed E-state index contributed by atoms with van der Waals surface area (Å²) < 4.78 is 28.4. The molecule has 0 radical (unpaired) electrons. The first kappa shape index (κ1) is 23.2. The Morgan fingerprint density at radius 1 is 1.10 bits per heavy atom. The van der Waals surface area contributed by atoms with E-state index in [2.05, 4.69) is 10.3 Å². The molecule has 1 amide bonds. The first-order valence-corrected chi connectivity index (χ1v) is 12.1. The molecule has 3 rings (SSSR count). The van der Waals surface area contributed by atoms with Gasteiger partial charge in [-0.2, -0.15) is 0 Å². The van der Waals surface area contributed by atoms with Gasteiger partial charge in [-0.3, -0.25) is 9.78 Å². The number of hydrogen-bond acceptors (Lipinski definition) is 5. The van der Waals surface area contributed by atoms with Crippen LogP contribution in [0.15, 0.2) is 54.7 Å². The van der Waals surface area contributed by atoms with Crippen molar-refractivity contribution in [3.63, 3.8) is 0 Å². The van der Waals surface area contributed by atoms with Crippen LogP contribution in [0.1, 0.15) is 25.3 Å². The van der Waals surface area contributed by atoms with Gasteiger partial charge in [-0.05, 0) is 24.6 Å². The molecule has 0 spiro atoms. The largest absolute Gasteiger partial charge is 0.481 e. The van der Waals surface area contributed by atoms with Gasteiger partial charge in [-0.15, -0.1) is 0 Å². The number of phenolic OH excluding ortho intramolecular Hbond substituents is 1. The molecule has 3 aromatic rings. The SMILES string of the molecule is CC(=O)Nc1cccc([As](=O)(O)O)c1O.CC(C(=O)O)c1cnc2ccccc2c1.